The zero-order valence-electron chi connectivity index (χ0n) is 35.6. The lowest BCUT2D eigenvalue weighted by molar-refractivity contribution is 0.135. The van der Waals surface area contributed by atoms with E-state index in [1.54, 1.807) is 7.11 Å². The molecule has 0 spiro atoms. The number of rotatable bonds is 11. The first-order valence-electron chi connectivity index (χ1n) is 22.4. The number of ether oxygens (including phenoxy) is 1. The molecule has 6 aromatic carbocycles. The van der Waals surface area contributed by atoms with Gasteiger partial charge in [-0.15, -0.1) is 0 Å². The fraction of sp³-hybridized carbons (Fsp3) is 0.309. The molecule has 0 amide bonds. The van der Waals surface area contributed by atoms with Gasteiger partial charge < -0.3 is 4.74 Å². The molecule has 62 heavy (non-hydrogen) atoms. The highest BCUT2D eigenvalue weighted by molar-refractivity contribution is 6.35. The van der Waals surface area contributed by atoms with Crippen LogP contribution in [-0.2, 0) is 13.1 Å². The summed E-state index contributed by atoms with van der Waals surface area (Å²) < 4.78 is 5.58. The first kappa shape index (κ1) is 42.3. The van der Waals surface area contributed by atoms with Crippen molar-refractivity contribution in [2.24, 2.45) is 21.8 Å². The minimum absolute atomic E-state index is 0.128. The molecule has 0 radical (unpaired) electrons. The predicted molar refractivity (Wildman–Crippen MR) is 257 cm³/mol. The van der Waals surface area contributed by atoms with E-state index in [4.69, 9.17) is 37.9 Å². The number of hydrogen-bond acceptors (Lipinski definition) is 5. The van der Waals surface area contributed by atoms with Gasteiger partial charge in [0.1, 0.15) is 5.75 Å². The molecule has 6 fully saturated rings. The highest BCUT2D eigenvalue weighted by Gasteiger charge is 2.45. The fourth-order valence-corrected chi connectivity index (χ4v) is 11.1. The lowest BCUT2D eigenvalue weighted by atomic mass is 9.72. The molecule has 316 valence electrons. The van der Waals surface area contributed by atoms with Crippen molar-refractivity contribution in [1.29, 1.82) is 0 Å². The number of benzene rings is 6. The van der Waals surface area contributed by atoms with Gasteiger partial charge in [-0.3, -0.25) is 19.8 Å². The Labute approximate surface area is 378 Å². The highest BCUT2D eigenvalue weighted by atomic mass is 35.5. The van der Waals surface area contributed by atoms with Gasteiger partial charge in [-0.1, -0.05) is 163 Å². The van der Waals surface area contributed by atoms with Crippen LogP contribution in [0.2, 0.25) is 10.0 Å². The number of halogens is 2. The van der Waals surface area contributed by atoms with Crippen molar-refractivity contribution >= 4 is 34.6 Å². The van der Waals surface area contributed by atoms with Crippen molar-refractivity contribution in [1.82, 2.24) is 9.80 Å². The fourth-order valence-electron chi connectivity index (χ4n) is 10.5. The lowest BCUT2D eigenvalue weighted by Gasteiger charge is -2.49. The van der Waals surface area contributed by atoms with Crippen LogP contribution in [0.4, 0.5) is 0 Å². The molecule has 4 atom stereocenters. The van der Waals surface area contributed by atoms with Crippen molar-refractivity contribution in [3.05, 3.63) is 207 Å². The van der Waals surface area contributed by atoms with E-state index < -0.39 is 0 Å². The number of aliphatic imine (C=N–C) groups is 2. The van der Waals surface area contributed by atoms with Crippen LogP contribution in [0.3, 0.4) is 0 Å². The van der Waals surface area contributed by atoms with E-state index in [1.165, 1.54) is 64.9 Å². The van der Waals surface area contributed by atoms with E-state index >= 15 is 0 Å². The Morgan fingerprint density at radius 3 is 1.45 bits per heavy atom. The molecule has 0 saturated carbocycles. The normalized spacial score (nSPS) is 24.9. The van der Waals surface area contributed by atoms with Gasteiger partial charge >= 0.3 is 0 Å². The minimum atomic E-state index is 0.128. The molecule has 12 rings (SSSR count). The smallest absolute Gasteiger partial charge is 0.119 e. The van der Waals surface area contributed by atoms with Gasteiger partial charge in [-0.25, -0.2) is 0 Å². The topological polar surface area (TPSA) is 40.4 Å². The molecule has 6 saturated heterocycles. The maximum Gasteiger partial charge on any atom is 0.119 e. The summed E-state index contributed by atoms with van der Waals surface area (Å²) in [5.41, 5.74) is 10.3. The molecule has 6 aliphatic heterocycles. The molecule has 6 aromatic rings. The number of methoxy groups -OCH3 is 1. The average molecular weight is 860 g/mol. The molecule has 0 aliphatic carbocycles. The summed E-state index contributed by atoms with van der Waals surface area (Å²) in [5.74, 6) is 2.43. The second kappa shape index (κ2) is 20.0. The lowest BCUT2D eigenvalue weighted by Crippen LogP contribution is -2.58. The number of piperidine rings is 6. The Balaban J connectivity index is 0.000000158. The van der Waals surface area contributed by atoms with Crippen molar-refractivity contribution in [2.75, 3.05) is 33.3 Å². The quantitative estimate of drug-likeness (QED) is 0.130. The van der Waals surface area contributed by atoms with Crippen LogP contribution in [0.5, 0.6) is 5.75 Å². The van der Waals surface area contributed by atoms with Crippen LogP contribution >= 0.6 is 23.2 Å². The molecule has 6 aliphatic rings. The predicted octanol–water partition coefficient (Wildman–Crippen LogP) is 12.4. The van der Waals surface area contributed by atoms with E-state index in [0.717, 1.165) is 55.6 Å². The standard InChI is InChI=1S/C28H30N2O.C27H26Cl2N2/c1-31-25-14-8-13-24(19-25)26(22-11-6-3-7-12-22)28-27(23-15-17-30(28)18-16-23)29-20-21-9-4-2-5-10-21;28-22-11-12-23(24(29)17-22)25(20-9-5-2-6-10-20)27-26(21-13-15-31(27)16-14-21)30-18-19-7-3-1-4-8-19/h2-14,19,23,26,28H,15-18,20H2,1H3;1-12,17,21,25,27H,13-16,18H2/b29-27+;30-26+. The number of nitrogens with zero attached hydrogens (tertiary/aromatic N) is 4. The monoisotopic (exact) mass is 858 g/mol. The van der Waals surface area contributed by atoms with Gasteiger partial charge in [0.2, 0.25) is 0 Å². The Bertz CT molecular complexity index is 2430. The molecule has 4 unspecified atom stereocenters. The maximum atomic E-state index is 6.77. The van der Waals surface area contributed by atoms with Crippen molar-refractivity contribution in [3.63, 3.8) is 0 Å². The summed E-state index contributed by atoms with van der Waals surface area (Å²) in [6.45, 7) is 6.05. The molecular formula is C55H56Cl2N4O. The average Bonchev–Trinajstić information content (AvgIpc) is 3.34. The van der Waals surface area contributed by atoms with Crippen molar-refractivity contribution in [2.45, 2.75) is 62.7 Å². The maximum absolute atomic E-state index is 6.77. The Hall–Kier alpha value is -5.04. The van der Waals surface area contributed by atoms with Crippen LogP contribution in [0.15, 0.2) is 174 Å². The molecule has 5 nitrogen and oxygen atoms in total. The second-order valence-electron chi connectivity index (χ2n) is 17.2. The van der Waals surface area contributed by atoms with E-state index in [1.807, 2.05) is 18.2 Å². The van der Waals surface area contributed by atoms with Crippen LogP contribution < -0.4 is 4.74 Å². The summed E-state index contributed by atoms with van der Waals surface area (Å²) in [4.78, 5) is 15.8. The Kier molecular flexibility index (Phi) is 13.6. The minimum Gasteiger partial charge on any atom is -0.497 e. The summed E-state index contributed by atoms with van der Waals surface area (Å²) in [7, 11) is 1.75. The zero-order chi connectivity index (χ0) is 42.3. The zero-order valence-corrected chi connectivity index (χ0v) is 37.1. The van der Waals surface area contributed by atoms with Gasteiger partial charge in [-0.05, 0) is 110 Å². The number of fused-ring (bicyclic) bond motifs is 6. The van der Waals surface area contributed by atoms with E-state index in [0.29, 0.717) is 22.9 Å². The largest absolute Gasteiger partial charge is 0.497 e. The van der Waals surface area contributed by atoms with Gasteiger partial charge in [0.15, 0.2) is 0 Å². The highest BCUT2D eigenvalue weighted by Crippen LogP contribution is 2.44. The van der Waals surface area contributed by atoms with Gasteiger partial charge in [0.05, 0.1) is 32.3 Å². The summed E-state index contributed by atoms with van der Waals surface area (Å²) in [6.07, 6.45) is 4.84. The first-order chi connectivity index (χ1) is 30.5. The third kappa shape index (κ3) is 9.47. The molecular weight excluding hydrogens is 804 g/mol. The van der Waals surface area contributed by atoms with E-state index in [-0.39, 0.29) is 17.9 Å². The first-order valence-corrected chi connectivity index (χ1v) is 23.1. The Morgan fingerprint density at radius 2 is 0.968 bits per heavy atom. The van der Waals surface area contributed by atoms with Crippen LogP contribution in [0, 0.1) is 11.8 Å². The summed E-state index contributed by atoms with van der Waals surface area (Å²) >= 11 is 13.0. The molecule has 0 N–H and O–H groups in total. The second-order valence-corrected chi connectivity index (χ2v) is 18.0. The molecule has 0 aromatic heterocycles. The summed E-state index contributed by atoms with van der Waals surface area (Å²) in [6, 6.07) is 57.9. The molecule has 6 heterocycles. The molecule has 4 bridgehead atoms. The van der Waals surface area contributed by atoms with Gasteiger partial charge in [-0.2, -0.15) is 0 Å². The van der Waals surface area contributed by atoms with Crippen LogP contribution in [0.1, 0.15) is 70.9 Å². The van der Waals surface area contributed by atoms with Gasteiger partial charge in [0, 0.05) is 45.1 Å². The Morgan fingerprint density at radius 1 is 0.516 bits per heavy atom. The SMILES string of the molecule is COc1cccc(C(c2ccccc2)C2/C(=N/Cc3ccccc3)C3CCN2CC3)c1.Clc1ccc(C(c2ccccc2)C2/C(=N/Cc3ccccc3)C3CCN2CC3)c(Cl)c1. The van der Waals surface area contributed by atoms with Crippen molar-refractivity contribution in [3.8, 4) is 5.75 Å². The van der Waals surface area contributed by atoms with Crippen LogP contribution in [-0.4, -0.2) is 66.6 Å². The number of hydrogen-bond donors (Lipinski definition) is 0. The van der Waals surface area contributed by atoms with E-state index in [9.17, 15) is 0 Å². The van der Waals surface area contributed by atoms with Crippen LogP contribution in [0.25, 0.3) is 0 Å². The summed E-state index contributed by atoms with van der Waals surface area (Å²) in [5, 5.41) is 1.40. The molecule has 7 heteroatoms. The third-order valence-corrected chi connectivity index (χ3v) is 14.1. The van der Waals surface area contributed by atoms with Gasteiger partial charge in [0.25, 0.3) is 0 Å². The van der Waals surface area contributed by atoms with E-state index in [2.05, 4.69) is 155 Å². The van der Waals surface area contributed by atoms with Crippen molar-refractivity contribution < 1.29 is 4.74 Å². The third-order valence-electron chi connectivity index (χ3n) is 13.6.